The molecule has 6 unspecified atom stereocenters. The second-order valence-corrected chi connectivity index (χ2v) is 15.3. The number of ether oxygens (including phenoxy) is 1. The number of hydrogen-bond donors (Lipinski definition) is 2. The van der Waals surface area contributed by atoms with E-state index in [1.165, 1.54) is 44.4 Å². The van der Waals surface area contributed by atoms with Gasteiger partial charge in [-0.2, -0.15) is 18.2 Å². The van der Waals surface area contributed by atoms with Crippen LogP contribution in [-0.2, 0) is 30.8 Å². The van der Waals surface area contributed by atoms with Crippen molar-refractivity contribution < 1.29 is 47.0 Å². The van der Waals surface area contributed by atoms with Crippen molar-refractivity contribution in [3.8, 4) is 11.5 Å². The number of ketones is 1. The molecule has 3 fully saturated rings. The molecule has 6 atom stereocenters. The summed E-state index contributed by atoms with van der Waals surface area (Å²) in [5, 5.41) is 12.2. The van der Waals surface area contributed by atoms with Crippen LogP contribution < -0.4 is 15.1 Å². The Morgan fingerprint density at radius 1 is 0.947 bits per heavy atom. The number of alkyl halides is 3. The first-order valence-electron chi connectivity index (χ1n) is 17.8. The Morgan fingerprint density at radius 2 is 1.65 bits per heavy atom. The number of aromatic nitrogens is 1. The quantitative estimate of drug-likeness (QED) is 0.110. The number of methoxy groups -OCH3 is 1. The van der Waals surface area contributed by atoms with E-state index >= 15 is 4.79 Å². The van der Waals surface area contributed by atoms with E-state index in [9.17, 15) is 37.5 Å². The largest absolute Gasteiger partial charge is 0.508 e. The van der Waals surface area contributed by atoms with Gasteiger partial charge in [0, 0.05) is 34.3 Å². The number of rotatable bonds is 7. The monoisotopic (exact) mass is 818 g/mol. The van der Waals surface area contributed by atoms with E-state index in [0.29, 0.717) is 44.7 Å². The maximum absolute atomic E-state index is 15.3. The number of hydrogen-bond acceptors (Lipinski definition) is 9. The van der Waals surface area contributed by atoms with Crippen LogP contribution in [0.15, 0.2) is 90.6 Å². The van der Waals surface area contributed by atoms with E-state index in [2.05, 4.69) is 10.4 Å². The summed E-state index contributed by atoms with van der Waals surface area (Å²) in [6.07, 6.45) is -2.49. The molecule has 1 aromatic heterocycles. The first-order valence-corrected chi connectivity index (χ1v) is 18.5. The van der Waals surface area contributed by atoms with Gasteiger partial charge in [0.2, 0.25) is 11.8 Å². The molecule has 4 amide bonds. The van der Waals surface area contributed by atoms with Gasteiger partial charge in [-0.3, -0.25) is 34.3 Å². The Labute approximate surface area is 333 Å². The fraction of sp³-hybridized carbons (Fsp3) is 0.268. The maximum atomic E-state index is 15.3. The average molecular weight is 820 g/mol. The fourth-order valence-electron chi connectivity index (χ4n) is 9.12. The SMILES string of the molecule is COc1ccc(C2C3=CCC4C(=O)N(c5ccc(C(C)=O)cc5)C(=O)C4C3CC3C(=O)N(Nc4ncc(C(F)(F)F)cc4Cl)C(=O)C32c2ccc(Cl)cc2)c(O)c1. The number of phenolic OH excluding ortho intramolecular Hbond substituents is 1. The van der Waals surface area contributed by atoms with Crippen molar-refractivity contribution in [2.75, 3.05) is 17.4 Å². The predicted molar refractivity (Wildman–Crippen MR) is 200 cm³/mol. The molecule has 0 bridgehead atoms. The van der Waals surface area contributed by atoms with Crippen molar-refractivity contribution in [1.29, 1.82) is 0 Å². The van der Waals surface area contributed by atoms with E-state index in [1.807, 2.05) is 0 Å². The number of carbonyl (C=O) groups is 5. The van der Waals surface area contributed by atoms with Gasteiger partial charge in [0.1, 0.15) is 11.5 Å². The van der Waals surface area contributed by atoms with Gasteiger partial charge in [0.15, 0.2) is 11.6 Å². The highest BCUT2D eigenvalue weighted by atomic mass is 35.5. The molecule has 4 aliphatic rings. The van der Waals surface area contributed by atoms with Crippen LogP contribution in [0.1, 0.15) is 52.7 Å². The van der Waals surface area contributed by atoms with Crippen molar-refractivity contribution in [2.45, 2.75) is 37.3 Å². The van der Waals surface area contributed by atoms with Crippen molar-refractivity contribution in [2.24, 2.45) is 23.7 Å². The topological polar surface area (TPSA) is 146 Å². The zero-order valence-corrected chi connectivity index (χ0v) is 31.5. The van der Waals surface area contributed by atoms with E-state index in [4.69, 9.17) is 27.9 Å². The number of carbonyl (C=O) groups excluding carboxylic acids is 5. The van der Waals surface area contributed by atoms with E-state index in [1.54, 1.807) is 42.5 Å². The number of pyridine rings is 1. The minimum atomic E-state index is -4.77. The maximum Gasteiger partial charge on any atom is 0.417 e. The van der Waals surface area contributed by atoms with Gasteiger partial charge in [0.25, 0.3) is 11.8 Å². The number of allylic oxidation sites excluding steroid dienone is 2. The molecule has 16 heteroatoms. The van der Waals surface area contributed by atoms with Crippen LogP contribution in [0.3, 0.4) is 0 Å². The number of benzene rings is 3. The van der Waals surface area contributed by atoms with E-state index in [-0.39, 0.29) is 35.6 Å². The number of anilines is 2. The Hall–Kier alpha value is -5.73. The lowest BCUT2D eigenvalue weighted by atomic mass is 9.49. The average Bonchev–Trinajstić information content (AvgIpc) is 3.56. The molecule has 292 valence electrons. The van der Waals surface area contributed by atoms with Crippen molar-refractivity contribution in [1.82, 2.24) is 9.99 Å². The highest BCUT2D eigenvalue weighted by Crippen LogP contribution is 2.65. The van der Waals surface area contributed by atoms with Gasteiger partial charge in [-0.25, -0.2) is 4.98 Å². The van der Waals surface area contributed by atoms with Crippen LogP contribution in [0.2, 0.25) is 10.0 Å². The third kappa shape index (κ3) is 5.87. The number of imide groups is 2. The fourth-order valence-corrected chi connectivity index (χ4v) is 9.46. The molecule has 4 aromatic rings. The van der Waals surface area contributed by atoms with Crippen molar-refractivity contribution in [3.05, 3.63) is 123 Å². The van der Waals surface area contributed by atoms with Crippen LogP contribution in [0.5, 0.6) is 11.5 Å². The molecule has 2 aliphatic carbocycles. The minimum absolute atomic E-state index is 0.0903. The van der Waals surface area contributed by atoms with Gasteiger partial charge in [-0.15, -0.1) is 0 Å². The number of hydrazine groups is 1. The molecule has 11 nitrogen and oxygen atoms in total. The van der Waals surface area contributed by atoms with Crippen LogP contribution in [0, 0.1) is 23.7 Å². The van der Waals surface area contributed by atoms with E-state index in [0.717, 1.165) is 4.90 Å². The van der Waals surface area contributed by atoms with Crippen LogP contribution in [-0.4, -0.2) is 51.6 Å². The Morgan fingerprint density at radius 3 is 2.26 bits per heavy atom. The van der Waals surface area contributed by atoms with Crippen molar-refractivity contribution in [3.63, 3.8) is 0 Å². The van der Waals surface area contributed by atoms with Gasteiger partial charge in [-0.05, 0) is 79.8 Å². The third-order valence-corrected chi connectivity index (χ3v) is 12.2. The van der Waals surface area contributed by atoms with E-state index < -0.39 is 81.2 Å². The number of aromatic hydroxyl groups is 1. The number of fused-ring (bicyclic) bond motifs is 4. The lowest BCUT2D eigenvalue weighted by molar-refractivity contribution is -0.139. The Kier molecular flexibility index (Phi) is 9.19. The number of Topliss-reactive ketones (excluding diaryl/α,β-unsaturated/α-hetero) is 1. The second-order valence-electron chi connectivity index (χ2n) is 14.5. The Bertz CT molecular complexity index is 2420. The Balaban J connectivity index is 1.30. The standard InChI is InChI=1S/C41H31Cl2F3N4O7/c1-19(51)20-3-9-24(10-4-20)49-36(53)28-14-13-26-29(33(28)38(49)55)17-30-37(54)50(48-35-31(43)15-22(18-47-35)41(44,45)46)39(56)40(30,21-5-7-23(42)8-6-21)34(26)27-12-11-25(57-2)16-32(27)52/h3-13,15-16,18,28-30,33-34,52H,14,17H2,1-2H3,(H,47,48). The molecular weight excluding hydrogens is 788 g/mol. The summed E-state index contributed by atoms with van der Waals surface area (Å²) in [5.41, 5.74) is 1.32. The summed E-state index contributed by atoms with van der Waals surface area (Å²) in [7, 11) is 1.41. The highest BCUT2D eigenvalue weighted by Gasteiger charge is 2.70. The molecule has 3 aromatic carbocycles. The van der Waals surface area contributed by atoms with Crippen LogP contribution in [0.4, 0.5) is 24.7 Å². The number of halogens is 5. The summed E-state index contributed by atoms with van der Waals surface area (Å²) in [4.78, 5) is 75.6. The molecule has 0 radical (unpaired) electrons. The van der Waals surface area contributed by atoms with Gasteiger partial charge in [0.05, 0.1) is 46.6 Å². The number of nitrogens with zero attached hydrogens (tertiary/aromatic N) is 3. The summed E-state index contributed by atoms with van der Waals surface area (Å²) in [5.74, 6) is -8.24. The predicted octanol–water partition coefficient (Wildman–Crippen LogP) is 7.51. The number of amides is 4. The zero-order chi connectivity index (χ0) is 40.7. The summed E-state index contributed by atoms with van der Waals surface area (Å²) in [6.45, 7) is 1.40. The molecule has 2 saturated heterocycles. The van der Waals surface area contributed by atoms with Gasteiger partial charge >= 0.3 is 6.18 Å². The van der Waals surface area contributed by atoms with Gasteiger partial charge < -0.3 is 9.84 Å². The lowest BCUT2D eigenvalue weighted by Crippen LogP contribution is -2.53. The van der Waals surface area contributed by atoms with Crippen LogP contribution >= 0.6 is 23.2 Å². The zero-order valence-electron chi connectivity index (χ0n) is 30.0. The molecule has 0 spiro atoms. The number of phenols is 1. The molecule has 3 heterocycles. The molecule has 2 N–H and O–H groups in total. The molecule has 1 saturated carbocycles. The second kappa shape index (κ2) is 13.7. The number of nitrogens with one attached hydrogen (secondary N) is 1. The summed E-state index contributed by atoms with van der Waals surface area (Å²) in [6, 6.07) is 17.5. The minimum Gasteiger partial charge on any atom is -0.508 e. The highest BCUT2D eigenvalue weighted by molar-refractivity contribution is 6.33. The molecule has 57 heavy (non-hydrogen) atoms. The van der Waals surface area contributed by atoms with Crippen molar-refractivity contribution >= 4 is 64.1 Å². The first kappa shape index (κ1) is 38.2. The molecule has 8 rings (SSSR count). The summed E-state index contributed by atoms with van der Waals surface area (Å²) >= 11 is 12.6. The third-order valence-electron chi connectivity index (χ3n) is 11.6. The normalized spacial score (nSPS) is 25.5. The lowest BCUT2D eigenvalue weighted by Gasteiger charge is -2.50. The summed E-state index contributed by atoms with van der Waals surface area (Å²) < 4.78 is 45.8. The smallest absolute Gasteiger partial charge is 0.417 e. The molecule has 2 aliphatic heterocycles. The van der Waals surface area contributed by atoms with Gasteiger partial charge in [-0.1, -0.05) is 53.1 Å². The molecular formula is C41H31Cl2F3N4O7. The van der Waals surface area contributed by atoms with Crippen LogP contribution in [0.25, 0.3) is 0 Å². The first-order chi connectivity index (χ1) is 27.1.